The molecule has 1 saturated heterocycles. The minimum absolute atomic E-state index is 0.0903. The summed E-state index contributed by atoms with van der Waals surface area (Å²) < 4.78 is 39.2. The molecule has 0 aliphatic carbocycles. The first-order valence-electron chi connectivity index (χ1n) is 4.12. The van der Waals surface area contributed by atoms with E-state index in [1.807, 2.05) is 0 Å². The van der Waals surface area contributed by atoms with Crippen molar-refractivity contribution >= 4 is 5.91 Å². The first-order valence-corrected chi connectivity index (χ1v) is 4.12. The van der Waals surface area contributed by atoms with Crippen molar-refractivity contribution < 1.29 is 22.7 Å². The van der Waals surface area contributed by atoms with E-state index < -0.39 is 12.8 Å². The maximum Gasteiger partial charge on any atom is 0.411 e. The van der Waals surface area contributed by atoms with Crippen LogP contribution in [0.5, 0.6) is 0 Å². The molecular weight excluding hydrogens is 201 g/mol. The lowest BCUT2D eigenvalue weighted by Crippen LogP contribution is -2.31. The molecule has 0 bridgehead atoms. The third-order valence-electron chi connectivity index (χ3n) is 1.70. The normalized spacial score (nSPS) is 17.9. The number of hydrogen-bond donors (Lipinski definition) is 1. The highest BCUT2D eigenvalue weighted by Gasteiger charge is 2.27. The van der Waals surface area contributed by atoms with E-state index >= 15 is 0 Å². The summed E-state index contributed by atoms with van der Waals surface area (Å²) in [6.45, 7) is -0.523. The van der Waals surface area contributed by atoms with Crippen LogP contribution >= 0.6 is 0 Å². The van der Waals surface area contributed by atoms with E-state index in [1.165, 1.54) is 4.90 Å². The Balaban J connectivity index is 2.07. The van der Waals surface area contributed by atoms with Crippen molar-refractivity contribution in [1.29, 1.82) is 0 Å². The average molecular weight is 212 g/mol. The molecule has 4 nitrogen and oxygen atoms in total. The van der Waals surface area contributed by atoms with E-state index in [2.05, 4.69) is 10.1 Å². The first-order chi connectivity index (χ1) is 6.49. The molecule has 82 valence electrons. The van der Waals surface area contributed by atoms with Gasteiger partial charge in [0.1, 0.15) is 6.61 Å². The number of nitrogens with zero attached hydrogens (tertiary/aromatic N) is 1. The van der Waals surface area contributed by atoms with Gasteiger partial charge in [-0.2, -0.15) is 13.2 Å². The van der Waals surface area contributed by atoms with Crippen LogP contribution < -0.4 is 5.32 Å². The maximum absolute atomic E-state index is 11.6. The van der Waals surface area contributed by atoms with E-state index in [0.29, 0.717) is 6.67 Å². The summed E-state index contributed by atoms with van der Waals surface area (Å²) in [5.74, 6) is -0.111. The van der Waals surface area contributed by atoms with Crippen molar-refractivity contribution in [3.63, 3.8) is 0 Å². The van der Waals surface area contributed by atoms with Crippen LogP contribution in [0.4, 0.5) is 13.2 Å². The molecule has 0 radical (unpaired) electrons. The molecule has 1 N–H and O–H groups in total. The van der Waals surface area contributed by atoms with E-state index in [0.717, 1.165) is 0 Å². The molecule has 1 rings (SSSR count). The number of halogens is 3. The van der Waals surface area contributed by atoms with E-state index in [4.69, 9.17) is 0 Å². The minimum atomic E-state index is -4.30. The molecule has 0 unspecified atom stereocenters. The predicted octanol–water partition coefficient (Wildman–Crippen LogP) is -0.0454. The Labute approximate surface area is 79.0 Å². The summed E-state index contributed by atoms with van der Waals surface area (Å²) in [7, 11) is 0. The second-order valence-electron chi connectivity index (χ2n) is 2.91. The number of nitrogens with one attached hydrogen (secondary N) is 1. The molecule has 1 amide bonds. The summed E-state index contributed by atoms with van der Waals surface area (Å²) in [4.78, 5) is 12.4. The summed E-state index contributed by atoms with van der Waals surface area (Å²) in [6, 6.07) is 0. The summed E-state index contributed by atoms with van der Waals surface area (Å²) >= 11 is 0. The highest BCUT2D eigenvalue weighted by atomic mass is 19.4. The zero-order chi connectivity index (χ0) is 10.6. The van der Waals surface area contributed by atoms with Gasteiger partial charge in [-0.15, -0.1) is 0 Å². The molecule has 14 heavy (non-hydrogen) atoms. The van der Waals surface area contributed by atoms with Gasteiger partial charge >= 0.3 is 6.18 Å². The van der Waals surface area contributed by atoms with Gasteiger partial charge in [-0.25, -0.2) is 0 Å². The summed E-state index contributed by atoms with van der Waals surface area (Å²) in [5, 5.41) is 2.78. The fraction of sp³-hybridized carbons (Fsp3) is 0.857. The van der Waals surface area contributed by atoms with Crippen molar-refractivity contribution in [3.8, 4) is 0 Å². The summed E-state index contributed by atoms with van der Waals surface area (Å²) in [6.07, 6.45) is -4.30. The molecule has 1 heterocycles. The third-order valence-corrected chi connectivity index (χ3v) is 1.70. The Morgan fingerprint density at radius 1 is 1.50 bits per heavy atom. The van der Waals surface area contributed by atoms with Gasteiger partial charge in [-0.05, 0) is 0 Å². The maximum atomic E-state index is 11.6. The van der Waals surface area contributed by atoms with Crippen molar-refractivity contribution in [2.75, 3.05) is 33.0 Å². The Hall–Kier alpha value is -0.820. The molecule has 1 aliphatic heterocycles. The van der Waals surface area contributed by atoms with Crippen LogP contribution in [0.3, 0.4) is 0 Å². The van der Waals surface area contributed by atoms with Gasteiger partial charge in [0.15, 0.2) is 0 Å². The standard InChI is InChI=1S/C7H11F3N2O2/c8-7(9,10)4-14-2-1-12-5-11-3-6(12)13/h11H,1-5H2. The highest BCUT2D eigenvalue weighted by molar-refractivity contribution is 5.79. The number of carbonyl (C=O) groups is 1. The van der Waals surface area contributed by atoms with E-state index in [1.54, 1.807) is 0 Å². The van der Waals surface area contributed by atoms with Gasteiger partial charge < -0.3 is 9.64 Å². The number of hydrogen-bond acceptors (Lipinski definition) is 3. The number of carbonyl (C=O) groups excluding carboxylic acids is 1. The van der Waals surface area contributed by atoms with Crippen LogP contribution in [-0.2, 0) is 9.53 Å². The lowest BCUT2D eigenvalue weighted by molar-refractivity contribution is -0.174. The molecule has 7 heteroatoms. The monoisotopic (exact) mass is 212 g/mol. The first kappa shape index (κ1) is 11.3. The highest BCUT2D eigenvalue weighted by Crippen LogP contribution is 2.14. The molecule has 0 saturated carbocycles. The fourth-order valence-electron chi connectivity index (χ4n) is 1.06. The lowest BCUT2D eigenvalue weighted by atomic mass is 10.5. The number of ether oxygens (including phenoxy) is 1. The average Bonchev–Trinajstić information content (AvgIpc) is 2.44. The molecule has 0 spiro atoms. The largest absolute Gasteiger partial charge is 0.411 e. The Bertz CT molecular complexity index is 208. The Morgan fingerprint density at radius 2 is 2.21 bits per heavy atom. The summed E-state index contributed by atoms with van der Waals surface area (Å²) in [5.41, 5.74) is 0. The van der Waals surface area contributed by atoms with Crippen molar-refractivity contribution in [3.05, 3.63) is 0 Å². The molecular formula is C7H11F3N2O2. The molecule has 1 fully saturated rings. The lowest BCUT2D eigenvalue weighted by Gasteiger charge is -2.14. The van der Waals surface area contributed by atoms with E-state index in [9.17, 15) is 18.0 Å². The molecule has 0 aromatic heterocycles. The Morgan fingerprint density at radius 3 is 2.71 bits per heavy atom. The number of alkyl halides is 3. The van der Waals surface area contributed by atoms with Gasteiger partial charge in [-0.1, -0.05) is 0 Å². The quantitative estimate of drug-likeness (QED) is 0.664. The molecule has 0 aromatic carbocycles. The molecule has 1 aliphatic rings. The van der Waals surface area contributed by atoms with Gasteiger partial charge in [0.25, 0.3) is 0 Å². The zero-order valence-corrected chi connectivity index (χ0v) is 7.43. The topological polar surface area (TPSA) is 41.6 Å². The molecule has 0 aromatic rings. The van der Waals surface area contributed by atoms with Crippen molar-refractivity contribution in [2.45, 2.75) is 6.18 Å². The van der Waals surface area contributed by atoms with Crippen LogP contribution in [-0.4, -0.2) is 50.0 Å². The third kappa shape index (κ3) is 3.93. The van der Waals surface area contributed by atoms with E-state index in [-0.39, 0.29) is 25.6 Å². The van der Waals surface area contributed by atoms with Crippen molar-refractivity contribution in [1.82, 2.24) is 10.2 Å². The second-order valence-corrected chi connectivity index (χ2v) is 2.91. The molecule has 0 atom stereocenters. The van der Waals surface area contributed by atoms with Gasteiger partial charge in [-0.3, -0.25) is 10.1 Å². The van der Waals surface area contributed by atoms with Crippen LogP contribution in [0.2, 0.25) is 0 Å². The number of rotatable bonds is 4. The minimum Gasteiger partial charge on any atom is -0.370 e. The van der Waals surface area contributed by atoms with Crippen molar-refractivity contribution in [2.24, 2.45) is 0 Å². The van der Waals surface area contributed by atoms with Crippen LogP contribution in [0.15, 0.2) is 0 Å². The fourth-order valence-corrected chi connectivity index (χ4v) is 1.06. The smallest absolute Gasteiger partial charge is 0.370 e. The van der Waals surface area contributed by atoms with Gasteiger partial charge in [0, 0.05) is 6.54 Å². The number of amides is 1. The van der Waals surface area contributed by atoms with Gasteiger partial charge in [0.2, 0.25) is 5.91 Å². The van der Waals surface area contributed by atoms with Crippen LogP contribution in [0, 0.1) is 0 Å². The SMILES string of the molecule is O=C1CNCN1CCOCC(F)(F)F. The van der Waals surface area contributed by atoms with Gasteiger partial charge in [0.05, 0.1) is 19.8 Å². The predicted molar refractivity (Wildman–Crippen MR) is 41.5 cm³/mol. The zero-order valence-electron chi connectivity index (χ0n) is 7.43. The van der Waals surface area contributed by atoms with Crippen LogP contribution in [0.25, 0.3) is 0 Å². The van der Waals surface area contributed by atoms with Crippen LogP contribution in [0.1, 0.15) is 0 Å². The Kier molecular flexibility index (Phi) is 3.70. The second kappa shape index (κ2) is 4.61.